The zero-order valence-corrected chi connectivity index (χ0v) is 12.1. The molecule has 0 fully saturated rings. The quantitative estimate of drug-likeness (QED) is 0.623. The van der Waals surface area contributed by atoms with Crippen LogP contribution in [0.25, 0.3) is 0 Å². The van der Waals surface area contributed by atoms with Crippen molar-refractivity contribution in [2.75, 3.05) is 0 Å². The second kappa shape index (κ2) is 5.18. The molecule has 5 heteroatoms. The first-order valence-electron chi connectivity index (χ1n) is 5.03. The third-order valence-electron chi connectivity index (χ3n) is 2.34. The molecule has 17 heavy (non-hydrogen) atoms. The largest absolute Gasteiger partial charge is 0.294 e. The van der Waals surface area contributed by atoms with Crippen molar-refractivity contribution in [1.82, 2.24) is 9.78 Å². The molecule has 0 atom stereocenters. The van der Waals surface area contributed by atoms with Crippen LogP contribution in [0, 0.1) is 3.57 Å². The average molecular weight is 361 g/mol. The van der Waals surface area contributed by atoms with E-state index in [1.807, 2.05) is 25.4 Å². The Morgan fingerprint density at radius 1 is 1.47 bits per heavy atom. The van der Waals surface area contributed by atoms with Gasteiger partial charge in [-0.1, -0.05) is 11.6 Å². The number of carbonyl (C=O) groups is 1. The van der Waals surface area contributed by atoms with Crippen molar-refractivity contribution in [3.63, 3.8) is 0 Å². The first kappa shape index (κ1) is 12.6. The lowest BCUT2D eigenvalue weighted by Crippen LogP contribution is -2.06. The van der Waals surface area contributed by atoms with Crippen molar-refractivity contribution >= 4 is 40.0 Å². The van der Waals surface area contributed by atoms with Gasteiger partial charge < -0.3 is 0 Å². The topological polar surface area (TPSA) is 34.9 Å². The lowest BCUT2D eigenvalue weighted by atomic mass is 10.1. The van der Waals surface area contributed by atoms with E-state index < -0.39 is 0 Å². The fourth-order valence-electron chi connectivity index (χ4n) is 1.53. The highest BCUT2D eigenvalue weighted by molar-refractivity contribution is 14.1. The maximum Gasteiger partial charge on any atom is 0.169 e. The smallest absolute Gasteiger partial charge is 0.169 e. The number of carbonyl (C=O) groups excluding carboxylic acids is 1. The van der Waals surface area contributed by atoms with E-state index in [-0.39, 0.29) is 5.78 Å². The van der Waals surface area contributed by atoms with Gasteiger partial charge in [0, 0.05) is 27.4 Å². The Bertz CT molecular complexity index is 565. The SMILES string of the molecule is Cn1ccc(CC(=O)c2cc(Cl)ccc2I)n1. The van der Waals surface area contributed by atoms with Gasteiger partial charge in [0.2, 0.25) is 0 Å². The van der Waals surface area contributed by atoms with Crippen molar-refractivity contribution in [3.8, 4) is 0 Å². The number of nitrogens with zero attached hydrogens (tertiary/aromatic N) is 2. The van der Waals surface area contributed by atoms with E-state index in [0.29, 0.717) is 17.0 Å². The van der Waals surface area contributed by atoms with Crippen molar-refractivity contribution in [1.29, 1.82) is 0 Å². The predicted octanol–water partition coefficient (Wildman–Crippen LogP) is 3.10. The Balaban J connectivity index is 2.22. The van der Waals surface area contributed by atoms with E-state index in [2.05, 4.69) is 27.7 Å². The minimum Gasteiger partial charge on any atom is -0.294 e. The second-order valence-corrected chi connectivity index (χ2v) is 5.30. The molecule has 0 saturated heterocycles. The van der Waals surface area contributed by atoms with Crippen LogP contribution in [0.1, 0.15) is 16.1 Å². The molecule has 1 aromatic heterocycles. The number of ketones is 1. The molecule has 1 aromatic carbocycles. The molecule has 2 aromatic rings. The molecule has 0 radical (unpaired) electrons. The highest BCUT2D eigenvalue weighted by atomic mass is 127. The van der Waals surface area contributed by atoms with Gasteiger partial charge in [0.05, 0.1) is 12.1 Å². The third-order valence-corrected chi connectivity index (χ3v) is 3.52. The van der Waals surface area contributed by atoms with E-state index >= 15 is 0 Å². The van der Waals surface area contributed by atoms with Crippen LogP contribution in [0.2, 0.25) is 5.02 Å². The highest BCUT2D eigenvalue weighted by Gasteiger charge is 2.12. The van der Waals surface area contributed by atoms with Crippen LogP contribution in [0.4, 0.5) is 0 Å². The summed E-state index contributed by atoms with van der Waals surface area (Å²) in [5.74, 6) is 0.0376. The summed E-state index contributed by atoms with van der Waals surface area (Å²) in [7, 11) is 1.83. The van der Waals surface area contributed by atoms with Gasteiger partial charge in [-0.2, -0.15) is 5.10 Å². The molecule has 1 heterocycles. The lowest BCUT2D eigenvalue weighted by Gasteiger charge is -2.03. The highest BCUT2D eigenvalue weighted by Crippen LogP contribution is 2.19. The molecule has 0 amide bonds. The summed E-state index contributed by atoms with van der Waals surface area (Å²) in [6, 6.07) is 7.17. The van der Waals surface area contributed by atoms with Gasteiger partial charge in [-0.05, 0) is 46.9 Å². The molecule has 0 aliphatic carbocycles. The Kier molecular flexibility index (Phi) is 3.83. The lowest BCUT2D eigenvalue weighted by molar-refractivity contribution is 0.0991. The van der Waals surface area contributed by atoms with Crippen LogP contribution in [0.5, 0.6) is 0 Å². The van der Waals surface area contributed by atoms with Crippen LogP contribution >= 0.6 is 34.2 Å². The van der Waals surface area contributed by atoms with E-state index in [1.54, 1.807) is 16.8 Å². The number of rotatable bonds is 3. The Labute approximate surface area is 118 Å². The van der Waals surface area contributed by atoms with E-state index in [0.717, 1.165) is 9.26 Å². The normalized spacial score (nSPS) is 10.5. The number of hydrogen-bond acceptors (Lipinski definition) is 2. The molecule has 88 valence electrons. The van der Waals surface area contributed by atoms with Gasteiger partial charge in [-0.25, -0.2) is 0 Å². The van der Waals surface area contributed by atoms with Gasteiger partial charge >= 0.3 is 0 Å². The molecule has 0 unspecified atom stereocenters. The monoisotopic (exact) mass is 360 g/mol. The summed E-state index contributed by atoms with van der Waals surface area (Å²) in [6.07, 6.45) is 2.13. The molecule has 0 aliphatic heterocycles. The van der Waals surface area contributed by atoms with Gasteiger partial charge in [0.15, 0.2) is 5.78 Å². The standard InChI is InChI=1S/C12H10ClIN2O/c1-16-5-4-9(15-16)7-12(17)10-6-8(13)2-3-11(10)14/h2-6H,7H2,1H3. The van der Waals surface area contributed by atoms with Crippen molar-refractivity contribution in [2.24, 2.45) is 7.05 Å². The van der Waals surface area contributed by atoms with Crippen LogP contribution in [0.3, 0.4) is 0 Å². The first-order valence-corrected chi connectivity index (χ1v) is 6.48. The van der Waals surface area contributed by atoms with Gasteiger partial charge in [-0.3, -0.25) is 9.48 Å². The minimum absolute atomic E-state index is 0.0376. The Morgan fingerprint density at radius 2 is 2.24 bits per heavy atom. The Morgan fingerprint density at radius 3 is 2.88 bits per heavy atom. The summed E-state index contributed by atoms with van der Waals surface area (Å²) in [5.41, 5.74) is 1.43. The second-order valence-electron chi connectivity index (χ2n) is 3.70. The fraction of sp³-hybridized carbons (Fsp3) is 0.167. The van der Waals surface area contributed by atoms with Crippen LogP contribution in [-0.4, -0.2) is 15.6 Å². The van der Waals surface area contributed by atoms with Gasteiger partial charge in [0.1, 0.15) is 0 Å². The van der Waals surface area contributed by atoms with Crippen LogP contribution < -0.4 is 0 Å². The predicted molar refractivity (Wildman–Crippen MR) is 75.4 cm³/mol. The summed E-state index contributed by atoms with van der Waals surface area (Å²) in [6.45, 7) is 0. The Hall–Kier alpha value is -0.880. The zero-order valence-electron chi connectivity index (χ0n) is 9.15. The van der Waals surface area contributed by atoms with E-state index in [9.17, 15) is 4.79 Å². The van der Waals surface area contributed by atoms with Crippen molar-refractivity contribution in [2.45, 2.75) is 6.42 Å². The average Bonchev–Trinajstić information content (AvgIpc) is 2.67. The number of aromatic nitrogens is 2. The van der Waals surface area contributed by atoms with E-state index in [1.165, 1.54) is 0 Å². The maximum atomic E-state index is 12.1. The van der Waals surface area contributed by atoms with Crippen LogP contribution in [0.15, 0.2) is 30.5 Å². The van der Waals surface area contributed by atoms with Crippen molar-refractivity contribution in [3.05, 3.63) is 50.3 Å². The summed E-state index contributed by atoms with van der Waals surface area (Å²) in [4.78, 5) is 12.1. The number of benzene rings is 1. The molecular formula is C12H10ClIN2O. The summed E-state index contributed by atoms with van der Waals surface area (Å²) >= 11 is 8.03. The van der Waals surface area contributed by atoms with Crippen LogP contribution in [-0.2, 0) is 13.5 Å². The number of Topliss-reactive ketones (excluding diaryl/α,β-unsaturated/α-hetero) is 1. The fourth-order valence-corrected chi connectivity index (χ4v) is 2.34. The molecule has 0 saturated carbocycles. The van der Waals surface area contributed by atoms with Gasteiger partial charge in [-0.15, -0.1) is 0 Å². The summed E-state index contributed by atoms with van der Waals surface area (Å²) in [5, 5.41) is 4.77. The number of aryl methyl sites for hydroxylation is 1. The number of hydrogen-bond donors (Lipinski definition) is 0. The molecule has 3 nitrogen and oxygen atoms in total. The number of halogens is 2. The molecule has 0 bridgehead atoms. The third kappa shape index (κ3) is 3.07. The molecule has 0 spiro atoms. The van der Waals surface area contributed by atoms with E-state index in [4.69, 9.17) is 11.6 Å². The first-order chi connectivity index (χ1) is 8.06. The maximum absolute atomic E-state index is 12.1. The molecule has 0 N–H and O–H groups in total. The molecular weight excluding hydrogens is 351 g/mol. The van der Waals surface area contributed by atoms with Crippen molar-refractivity contribution < 1.29 is 4.79 Å². The summed E-state index contributed by atoms with van der Waals surface area (Å²) < 4.78 is 2.60. The molecule has 2 rings (SSSR count). The minimum atomic E-state index is 0.0376. The van der Waals surface area contributed by atoms with Gasteiger partial charge in [0.25, 0.3) is 0 Å². The molecule has 0 aliphatic rings. The zero-order chi connectivity index (χ0) is 12.4.